The van der Waals surface area contributed by atoms with Crippen LogP contribution in [0.15, 0.2) is 35.4 Å². The first-order valence-corrected chi connectivity index (χ1v) is 4.02. The maximum absolute atomic E-state index is 10.9. The number of aromatic nitrogens is 1. The average molecular weight is 163 g/mol. The van der Waals surface area contributed by atoms with Gasteiger partial charge in [-0.05, 0) is 12.1 Å². The highest BCUT2D eigenvalue weighted by atomic mass is 32.1. The van der Waals surface area contributed by atoms with Crippen LogP contribution in [0.5, 0.6) is 0 Å². The lowest BCUT2D eigenvalue weighted by Gasteiger charge is -1.82. The van der Waals surface area contributed by atoms with Gasteiger partial charge in [-0.1, -0.05) is 11.3 Å². The molecule has 0 unspecified atom stereocenters. The molecule has 0 saturated heterocycles. The second kappa shape index (κ2) is 2.43. The monoisotopic (exact) mass is 163 g/mol. The maximum Gasteiger partial charge on any atom is 0.233 e. The van der Waals surface area contributed by atoms with E-state index in [-0.39, 0.29) is 4.74 Å². The quantitative estimate of drug-likeness (QED) is 0.590. The Balaban J connectivity index is 2.83. The molecule has 2 rings (SSSR count). The van der Waals surface area contributed by atoms with Crippen molar-refractivity contribution in [3.05, 3.63) is 40.1 Å². The summed E-state index contributed by atoms with van der Waals surface area (Å²) in [5.74, 6) is 0. The van der Waals surface area contributed by atoms with Gasteiger partial charge in [-0.25, -0.2) is 0 Å². The Labute approximate surface area is 67.5 Å². The zero-order valence-electron chi connectivity index (χ0n) is 5.65. The molecule has 0 radical (unpaired) electrons. The van der Waals surface area contributed by atoms with Crippen molar-refractivity contribution in [1.29, 1.82) is 0 Å². The lowest BCUT2D eigenvalue weighted by Crippen LogP contribution is -1.79. The normalized spacial score (nSPS) is 10.2. The molecule has 2 heterocycles. The first-order chi connectivity index (χ1) is 5.36. The first-order valence-electron chi connectivity index (χ1n) is 3.20. The molecule has 54 valence electrons. The highest BCUT2D eigenvalue weighted by molar-refractivity contribution is 7.13. The fourth-order valence-corrected chi connectivity index (χ4v) is 1.71. The van der Waals surface area contributed by atoms with Gasteiger partial charge in [-0.3, -0.25) is 9.78 Å². The average Bonchev–Trinajstić information content (AvgIpc) is 2.17. The van der Waals surface area contributed by atoms with Crippen LogP contribution in [-0.2, 0) is 0 Å². The number of thiophene rings is 1. The number of hydrogen-bond acceptors (Lipinski definition) is 3. The van der Waals surface area contributed by atoms with E-state index in [1.807, 2.05) is 12.1 Å². The van der Waals surface area contributed by atoms with Gasteiger partial charge in [0.2, 0.25) is 4.74 Å². The third kappa shape index (κ3) is 1.14. The molecule has 0 spiro atoms. The molecule has 0 fully saturated rings. The second-order valence-electron chi connectivity index (χ2n) is 2.17. The summed E-state index contributed by atoms with van der Waals surface area (Å²) in [6.45, 7) is 0. The van der Waals surface area contributed by atoms with Crippen LogP contribution in [-0.4, -0.2) is 4.98 Å². The van der Waals surface area contributed by atoms with E-state index in [0.29, 0.717) is 0 Å². The molecule has 2 nitrogen and oxygen atoms in total. The van der Waals surface area contributed by atoms with Crippen LogP contribution in [0, 0.1) is 0 Å². The molecule has 2 aliphatic heterocycles. The summed E-state index contributed by atoms with van der Waals surface area (Å²) in [5.41, 5.74) is 0.921. The summed E-state index contributed by atoms with van der Waals surface area (Å²) in [5, 5.41) is 0. The summed E-state index contributed by atoms with van der Waals surface area (Å²) in [6, 6.07) is 5.33. The third-order valence-corrected chi connectivity index (χ3v) is 2.31. The van der Waals surface area contributed by atoms with Gasteiger partial charge in [0.05, 0.1) is 0 Å². The van der Waals surface area contributed by atoms with Crippen molar-refractivity contribution >= 4 is 11.3 Å². The molecule has 0 N–H and O–H groups in total. The molecule has 0 bridgehead atoms. The van der Waals surface area contributed by atoms with E-state index >= 15 is 0 Å². The van der Waals surface area contributed by atoms with Crippen LogP contribution in [0.25, 0.3) is 10.4 Å². The smallest absolute Gasteiger partial charge is 0.233 e. The molecule has 2 aliphatic rings. The minimum atomic E-state index is 0.0907. The van der Waals surface area contributed by atoms with Crippen LogP contribution in [0.1, 0.15) is 0 Å². The predicted octanol–water partition coefficient (Wildman–Crippen LogP) is 1.61. The summed E-state index contributed by atoms with van der Waals surface area (Å²) in [4.78, 5) is 15.8. The highest BCUT2D eigenvalue weighted by Gasteiger charge is 2.02. The summed E-state index contributed by atoms with van der Waals surface area (Å²) < 4.78 is 0.0907. The van der Waals surface area contributed by atoms with E-state index in [4.69, 9.17) is 0 Å². The molecule has 11 heavy (non-hydrogen) atoms. The van der Waals surface area contributed by atoms with Crippen LogP contribution in [0.2, 0.25) is 0 Å². The van der Waals surface area contributed by atoms with E-state index in [9.17, 15) is 4.79 Å². The minimum absolute atomic E-state index is 0.0907. The Bertz CT molecular complexity index is 362. The molecule has 0 aliphatic carbocycles. The lowest BCUT2D eigenvalue weighted by atomic mass is 10.3. The third-order valence-electron chi connectivity index (χ3n) is 1.40. The first kappa shape index (κ1) is 6.49. The van der Waals surface area contributed by atoms with Gasteiger partial charge in [0, 0.05) is 28.9 Å². The molecule has 0 aromatic carbocycles. The Morgan fingerprint density at radius 2 is 2.36 bits per heavy atom. The Morgan fingerprint density at radius 3 is 3.27 bits per heavy atom. The molecular formula is C8H5NOS. The van der Waals surface area contributed by atoms with Gasteiger partial charge in [0.25, 0.3) is 0 Å². The molecule has 0 aromatic rings. The molecule has 0 atom stereocenters. The summed E-state index contributed by atoms with van der Waals surface area (Å²) in [6.07, 6.45) is 3.41. The largest absolute Gasteiger partial charge is 0.278 e. The zero-order valence-corrected chi connectivity index (χ0v) is 6.47. The van der Waals surface area contributed by atoms with Gasteiger partial charge in [-0.15, -0.1) is 0 Å². The Hall–Kier alpha value is -1.22. The van der Waals surface area contributed by atoms with E-state index in [2.05, 4.69) is 4.98 Å². The van der Waals surface area contributed by atoms with E-state index in [1.54, 1.807) is 18.5 Å². The minimum Gasteiger partial charge on any atom is -0.278 e. The Kier molecular flexibility index (Phi) is 1.43. The van der Waals surface area contributed by atoms with Crippen LogP contribution < -0.4 is 4.74 Å². The lowest BCUT2D eigenvalue weighted by molar-refractivity contribution is 1.37. The zero-order chi connectivity index (χ0) is 7.68. The Morgan fingerprint density at radius 1 is 1.45 bits per heavy atom. The van der Waals surface area contributed by atoms with Gasteiger partial charge >= 0.3 is 0 Å². The van der Waals surface area contributed by atoms with Crippen molar-refractivity contribution in [2.45, 2.75) is 0 Å². The van der Waals surface area contributed by atoms with Crippen molar-refractivity contribution in [3.8, 4) is 10.4 Å². The number of rotatable bonds is 0. The van der Waals surface area contributed by atoms with Crippen LogP contribution >= 0.6 is 11.3 Å². The second-order valence-corrected chi connectivity index (χ2v) is 3.22. The van der Waals surface area contributed by atoms with Crippen molar-refractivity contribution < 1.29 is 0 Å². The standard InChI is InChI=1S/C8H5NOS/c10-8-4-6-5-9-3-1-2-7(6)11-8/h1-5H. The fourth-order valence-electron chi connectivity index (χ4n) is 0.929. The van der Waals surface area contributed by atoms with E-state index in [0.717, 1.165) is 10.4 Å². The van der Waals surface area contributed by atoms with Crippen molar-refractivity contribution in [2.24, 2.45) is 0 Å². The molecular weight excluding hydrogens is 158 g/mol. The van der Waals surface area contributed by atoms with Crippen molar-refractivity contribution in [2.75, 3.05) is 0 Å². The summed E-state index contributed by atoms with van der Waals surface area (Å²) in [7, 11) is 0. The summed E-state index contributed by atoms with van der Waals surface area (Å²) >= 11 is 1.25. The van der Waals surface area contributed by atoms with Crippen LogP contribution in [0.4, 0.5) is 0 Å². The van der Waals surface area contributed by atoms with Gasteiger partial charge < -0.3 is 0 Å². The molecule has 3 heteroatoms. The molecule has 0 amide bonds. The van der Waals surface area contributed by atoms with Crippen molar-refractivity contribution in [3.63, 3.8) is 0 Å². The van der Waals surface area contributed by atoms with Gasteiger partial charge in [0.1, 0.15) is 0 Å². The molecule has 0 aromatic heterocycles. The van der Waals surface area contributed by atoms with E-state index < -0.39 is 0 Å². The number of nitrogens with zero attached hydrogens (tertiary/aromatic N) is 1. The number of fused-ring (bicyclic) bond motifs is 1. The topological polar surface area (TPSA) is 30.0 Å². The van der Waals surface area contributed by atoms with E-state index in [1.165, 1.54) is 11.3 Å². The predicted molar refractivity (Wildman–Crippen MR) is 45.0 cm³/mol. The fraction of sp³-hybridized carbons (Fsp3) is 0. The van der Waals surface area contributed by atoms with Gasteiger partial charge in [0.15, 0.2) is 0 Å². The van der Waals surface area contributed by atoms with Crippen molar-refractivity contribution in [1.82, 2.24) is 4.98 Å². The molecule has 0 saturated carbocycles. The maximum atomic E-state index is 10.9. The van der Waals surface area contributed by atoms with Gasteiger partial charge in [-0.2, -0.15) is 0 Å². The number of hydrogen-bond donors (Lipinski definition) is 0. The van der Waals surface area contributed by atoms with Crippen LogP contribution in [0.3, 0.4) is 0 Å². The SMILES string of the molecule is O=c1cc2cncccc-2s1. The highest BCUT2D eigenvalue weighted by Crippen LogP contribution is 2.20.